The summed E-state index contributed by atoms with van der Waals surface area (Å²) in [6.45, 7) is 1.06. The first-order valence-corrected chi connectivity index (χ1v) is 8.22. The minimum Gasteiger partial charge on any atom is -0.484 e. The van der Waals surface area contributed by atoms with E-state index in [2.05, 4.69) is 15.1 Å². The third-order valence-corrected chi connectivity index (χ3v) is 3.58. The fourth-order valence-electron chi connectivity index (χ4n) is 2.15. The Morgan fingerprint density at radius 2 is 1.86 bits per heavy atom. The number of amides is 1. The molecule has 0 spiro atoms. The molecule has 0 fully saturated rings. The molecule has 12 heteroatoms. The lowest BCUT2D eigenvalue weighted by Crippen LogP contribution is -2.20. The number of alkyl halides is 3. The molecule has 2 rings (SSSR count). The SMILES string of the molecule is Cc1cc(C(F)(F)F)nn1CCC(=O)O/N=C(\N)c1ccc(OCC(N)=O)cc1. The Bertz CT molecular complexity index is 907. The molecule has 0 saturated heterocycles. The van der Waals surface area contributed by atoms with Crippen molar-refractivity contribution in [3.8, 4) is 5.75 Å². The van der Waals surface area contributed by atoms with E-state index in [-0.39, 0.29) is 31.1 Å². The Kier molecular flexibility index (Phi) is 6.80. The first kappa shape index (κ1) is 21.7. The second-order valence-electron chi connectivity index (χ2n) is 5.86. The highest BCUT2D eigenvalue weighted by molar-refractivity contribution is 5.97. The maximum absolute atomic E-state index is 12.6. The lowest BCUT2D eigenvalue weighted by Gasteiger charge is -2.05. The Hall–Kier alpha value is -3.57. The van der Waals surface area contributed by atoms with Crippen molar-refractivity contribution < 1.29 is 32.3 Å². The van der Waals surface area contributed by atoms with Gasteiger partial charge in [-0.2, -0.15) is 18.3 Å². The molecule has 1 heterocycles. The summed E-state index contributed by atoms with van der Waals surface area (Å²) in [6, 6.07) is 6.96. The molecule has 0 saturated carbocycles. The quantitative estimate of drug-likeness (QED) is 0.290. The van der Waals surface area contributed by atoms with Crippen molar-refractivity contribution in [2.75, 3.05) is 6.61 Å². The number of benzene rings is 1. The van der Waals surface area contributed by atoms with Gasteiger partial charge in [-0.05, 0) is 37.3 Å². The van der Waals surface area contributed by atoms with Gasteiger partial charge in [0, 0.05) is 11.3 Å². The van der Waals surface area contributed by atoms with E-state index in [0.717, 1.165) is 10.7 Å². The van der Waals surface area contributed by atoms with Crippen LogP contribution in [0.1, 0.15) is 23.4 Å². The number of halogens is 3. The van der Waals surface area contributed by atoms with Crippen LogP contribution < -0.4 is 16.2 Å². The lowest BCUT2D eigenvalue weighted by molar-refractivity contribution is -0.144. The van der Waals surface area contributed by atoms with Crippen molar-refractivity contribution in [1.29, 1.82) is 0 Å². The zero-order valence-electron chi connectivity index (χ0n) is 15.3. The van der Waals surface area contributed by atoms with E-state index in [0.29, 0.717) is 11.3 Å². The molecule has 1 aromatic heterocycles. The van der Waals surface area contributed by atoms with Crippen molar-refractivity contribution in [2.24, 2.45) is 16.6 Å². The first-order chi connectivity index (χ1) is 13.6. The minimum absolute atomic E-state index is 0.102. The number of amidine groups is 1. The van der Waals surface area contributed by atoms with E-state index < -0.39 is 23.7 Å². The molecule has 0 unspecified atom stereocenters. The molecule has 2 aromatic rings. The molecule has 0 radical (unpaired) electrons. The van der Waals surface area contributed by atoms with Crippen LogP contribution >= 0.6 is 0 Å². The molecule has 0 aliphatic heterocycles. The Labute approximate surface area is 163 Å². The summed E-state index contributed by atoms with van der Waals surface area (Å²) in [5.41, 5.74) is 10.3. The zero-order valence-corrected chi connectivity index (χ0v) is 15.3. The average molecular weight is 413 g/mol. The van der Waals surface area contributed by atoms with Crippen LogP contribution in [-0.4, -0.2) is 34.1 Å². The molecule has 1 amide bonds. The van der Waals surface area contributed by atoms with Crippen LogP contribution in [0.4, 0.5) is 13.2 Å². The summed E-state index contributed by atoms with van der Waals surface area (Å²) >= 11 is 0. The van der Waals surface area contributed by atoms with Crippen LogP contribution in [0.5, 0.6) is 5.75 Å². The molecule has 0 aliphatic carbocycles. The molecule has 0 bridgehead atoms. The Morgan fingerprint density at radius 1 is 1.21 bits per heavy atom. The maximum Gasteiger partial charge on any atom is 0.435 e. The molecule has 9 nitrogen and oxygen atoms in total. The van der Waals surface area contributed by atoms with Crippen LogP contribution in [0.3, 0.4) is 0 Å². The molecule has 0 aliphatic rings. The summed E-state index contributed by atoms with van der Waals surface area (Å²) in [5.74, 6) is -1.14. The van der Waals surface area contributed by atoms with Crippen molar-refractivity contribution in [3.05, 3.63) is 47.3 Å². The fourth-order valence-corrected chi connectivity index (χ4v) is 2.15. The van der Waals surface area contributed by atoms with Crippen LogP contribution in [0.25, 0.3) is 0 Å². The summed E-state index contributed by atoms with van der Waals surface area (Å²) in [5, 5.41) is 6.91. The number of hydrogen-bond acceptors (Lipinski definition) is 6. The fraction of sp³-hybridized carbons (Fsp3) is 0.294. The summed E-state index contributed by atoms with van der Waals surface area (Å²) in [7, 11) is 0. The number of aromatic nitrogens is 2. The molecule has 156 valence electrons. The number of carbonyl (C=O) groups is 2. The lowest BCUT2D eigenvalue weighted by atomic mass is 10.2. The normalized spacial score (nSPS) is 11.9. The zero-order chi connectivity index (χ0) is 21.6. The number of oxime groups is 1. The molecule has 4 N–H and O–H groups in total. The Balaban J connectivity index is 1.88. The van der Waals surface area contributed by atoms with E-state index in [4.69, 9.17) is 16.2 Å². The van der Waals surface area contributed by atoms with Gasteiger partial charge < -0.3 is 21.0 Å². The van der Waals surface area contributed by atoms with Crippen molar-refractivity contribution in [1.82, 2.24) is 9.78 Å². The van der Waals surface area contributed by atoms with Crippen LogP contribution in [0.2, 0.25) is 0 Å². The smallest absolute Gasteiger partial charge is 0.435 e. The molecule has 1 aromatic carbocycles. The minimum atomic E-state index is -4.56. The summed E-state index contributed by atoms with van der Waals surface area (Å²) in [4.78, 5) is 27.1. The number of nitrogens with zero attached hydrogens (tertiary/aromatic N) is 3. The van der Waals surface area contributed by atoms with Crippen molar-refractivity contribution in [2.45, 2.75) is 26.1 Å². The van der Waals surface area contributed by atoms with Crippen LogP contribution in [0, 0.1) is 6.92 Å². The van der Waals surface area contributed by atoms with E-state index in [9.17, 15) is 22.8 Å². The Morgan fingerprint density at radius 3 is 2.41 bits per heavy atom. The summed E-state index contributed by atoms with van der Waals surface area (Å²) < 4.78 is 44.0. The number of primary amides is 1. The monoisotopic (exact) mass is 413 g/mol. The van der Waals surface area contributed by atoms with Crippen LogP contribution in [-0.2, 0) is 27.1 Å². The number of hydrogen-bond donors (Lipinski definition) is 2. The van der Waals surface area contributed by atoms with Gasteiger partial charge in [-0.25, -0.2) is 4.79 Å². The van der Waals surface area contributed by atoms with Gasteiger partial charge in [0.25, 0.3) is 5.91 Å². The van der Waals surface area contributed by atoms with Crippen molar-refractivity contribution in [3.63, 3.8) is 0 Å². The topological polar surface area (TPSA) is 135 Å². The van der Waals surface area contributed by atoms with E-state index in [1.807, 2.05) is 0 Å². The highest BCUT2D eigenvalue weighted by atomic mass is 19.4. The predicted octanol–water partition coefficient (Wildman–Crippen LogP) is 1.33. The van der Waals surface area contributed by atoms with Crippen molar-refractivity contribution >= 4 is 17.7 Å². The number of nitrogens with two attached hydrogens (primary N) is 2. The average Bonchev–Trinajstić information content (AvgIpc) is 3.04. The molecular weight excluding hydrogens is 395 g/mol. The van der Waals surface area contributed by atoms with E-state index >= 15 is 0 Å². The van der Waals surface area contributed by atoms with Gasteiger partial charge in [0.05, 0.1) is 13.0 Å². The first-order valence-electron chi connectivity index (χ1n) is 8.22. The van der Waals surface area contributed by atoms with Crippen LogP contribution in [0.15, 0.2) is 35.5 Å². The third-order valence-electron chi connectivity index (χ3n) is 3.58. The second-order valence-corrected chi connectivity index (χ2v) is 5.86. The highest BCUT2D eigenvalue weighted by Crippen LogP contribution is 2.28. The van der Waals surface area contributed by atoms with Gasteiger partial charge in [0.15, 0.2) is 18.1 Å². The number of ether oxygens (including phenoxy) is 1. The van der Waals surface area contributed by atoms with E-state index in [1.165, 1.54) is 31.2 Å². The maximum atomic E-state index is 12.6. The molecule has 29 heavy (non-hydrogen) atoms. The molecule has 0 atom stereocenters. The number of rotatable bonds is 8. The third kappa shape index (κ3) is 6.52. The number of carbonyl (C=O) groups excluding carboxylic acids is 2. The number of aryl methyl sites for hydroxylation is 2. The second kappa shape index (κ2) is 9.08. The van der Waals surface area contributed by atoms with Gasteiger partial charge >= 0.3 is 12.1 Å². The predicted molar refractivity (Wildman–Crippen MR) is 94.5 cm³/mol. The van der Waals surface area contributed by atoms with E-state index in [1.54, 1.807) is 0 Å². The van der Waals surface area contributed by atoms with Gasteiger partial charge in [-0.15, -0.1) is 0 Å². The van der Waals surface area contributed by atoms with Gasteiger partial charge in [0.2, 0.25) is 0 Å². The van der Waals surface area contributed by atoms with Gasteiger partial charge in [0.1, 0.15) is 5.75 Å². The largest absolute Gasteiger partial charge is 0.484 e. The highest BCUT2D eigenvalue weighted by Gasteiger charge is 2.34. The van der Waals surface area contributed by atoms with Gasteiger partial charge in [-0.1, -0.05) is 5.16 Å². The van der Waals surface area contributed by atoms with Gasteiger partial charge in [-0.3, -0.25) is 9.48 Å². The summed E-state index contributed by atoms with van der Waals surface area (Å²) in [6.07, 6.45) is -4.81. The molecular formula is C17H18F3N5O4. The standard InChI is InChI=1S/C17H18F3N5O4/c1-10-8-13(17(18,19)20)23-25(10)7-6-15(27)29-24-16(22)11-2-4-12(5-3-11)28-9-14(21)26/h2-5,8H,6-7,9H2,1H3,(H2,21,26)(H2,22,24).